The molecule has 0 aliphatic carbocycles. The summed E-state index contributed by atoms with van der Waals surface area (Å²) in [5.74, 6) is -0.678. The smallest absolute Gasteiger partial charge is 0.351 e. The fourth-order valence-corrected chi connectivity index (χ4v) is 2.98. The molecule has 0 aliphatic rings. The Hall–Kier alpha value is -1.55. The summed E-state index contributed by atoms with van der Waals surface area (Å²) >= 11 is 8.69. The third-order valence-electron chi connectivity index (χ3n) is 3.21. The first-order valence-corrected chi connectivity index (χ1v) is 8.05. The number of carbonyl (C=O) groups excluding carboxylic acids is 1. The van der Waals surface area contributed by atoms with Gasteiger partial charge in [-0.15, -0.1) is 0 Å². The van der Waals surface area contributed by atoms with Gasteiger partial charge in [0.15, 0.2) is 11.4 Å². The molecule has 11 heteroatoms. The number of aromatic nitrogens is 4. The van der Waals surface area contributed by atoms with E-state index in [1.807, 2.05) is 0 Å². The third-order valence-corrected chi connectivity index (χ3v) is 4.33. The number of aryl methyl sites for hydroxylation is 3. The Labute approximate surface area is 149 Å². The second kappa shape index (κ2) is 7.14. The summed E-state index contributed by atoms with van der Waals surface area (Å²) in [4.78, 5) is 12.0. The summed E-state index contributed by atoms with van der Waals surface area (Å²) in [5, 5.41) is 10.9. The lowest BCUT2D eigenvalue weighted by Crippen LogP contribution is -2.26. The van der Waals surface area contributed by atoms with Crippen molar-refractivity contribution in [1.29, 1.82) is 0 Å². The van der Waals surface area contributed by atoms with Crippen LogP contribution in [0.15, 0.2) is 10.7 Å². The summed E-state index contributed by atoms with van der Waals surface area (Å²) in [7, 11) is 1.13. The van der Waals surface area contributed by atoms with Gasteiger partial charge >= 0.3 is 6.18 Å². The van der Waals surface area contributed by atoms with Crippen LogP contribution in [0.3, 0.4) is 0 Å². The summed E-state index contributed by atoms with van der Waals surface area (Å²) in [5.41, 5.74) is -0.602. The Kier molecular flexibility index (Phi) is 5.59. The van der Waals surface area contributed by atoms with Crippen LogP contribution in [-0.2, 0) is 19.8 Å². The molecule has 0 fully saturated rings. The quantitative estimate of drug-likeness (QED) is 0.744. The van der Waals surface area contributed by atoms with Crippen molar-refractivity contribution < 1.29 is 18.0 Å². The van der Waals surface area contributed by atoms with E-state index in [1.165, 1.54) is 0 Å². The standard InChI is InChI=1S/C13H14BrClF3N5O/c1-7-8(15)6-23(20-7)5-3-4-19-12(24)10-9(14)11(13(16,17)18)22(2)21-10/h6H,3-5H2,1-2H3,(H,19,24). The van der Waals surface area contributed by atoms with Crippen molar-refractivity contribution >= 4 is 33.4 Å². The highest BCUT2D eigenvalue weighted by atomic mass is 79.9. The molecule has 6 nitrogen and oxygen atoms in total. The minimum Gasteiger partial charge on any atom is -0.351 e. The number of rotatable bonds is 5. The van der Waals surface area contributed by atoms with Crippen LogP contribution in [0.2, 0.25) is 5.02 Å². The largest absolute Gasteiger partial charge is 0.434 e. The molecule has 2 aromatic rings. The molecular weight excluding hydrogens is 415 g/mol. The lowest BCUT2D eigenvalue weighted by atomic mass is 10.3. The molecule has 0 saturated carbocycles. The lowest BCUT2D eigenvalue weighted by Gasteiger charge is -2.06. The number of alkyl halides is 3. The van der Waals surface area contributed by atoms with Gasteiger partial charge in [0.1, 0.15) is 0 Å². The van der Waals surface area contributed by atoms with Gasteiger partial charge in [0.05, 0.1) is 15.2 Å². The van der Waals surface area contributed by atoms with Crippen LogP contribution in [0.25, 0.3) is 0 Å². The fourth-order valence-electron chi connectivity index (χ4n) is 2.09. The minimum atomic E-state index is -4.60. The van der Waals surface area contributed by atoms with E-state index in [4.69, 9.17) is 11.6 Å². The average Bonchev–Trinajstić information content (AvgIpc) is 2.94. The number of hydrogen-bond donors (Lipinski definition) is 1. The van der Waals surface area contributed by atoms with Crippen LogP contribution in [0.5, 0.6) is 0 Å². The van der Waals surface area contributed by atoms with Crippen molar-refractivity contribution in [1.82, 2.24) is 24.9 Å². The molecule has 0 aromatic carbocycles. The van der Waals surface area contributed by atoms with Gasteiger partial charge in [-0.2, -0.15) is 23.4 Å². The van der Waals surface area contributed by atoms with Crippen molar-refractivity contribution in [2.45, 2.75) is 26.1 Å². The Morgan fingerprint density at radius 3 is 2.58 bits per heavy atom. The number of carbonyl (C=O) groups is 1. The van der Waals surface area contributed by atoms with Crippen LogP contribution in [-0.4, -0.2) is 32.0 Å². The van der Waals surface area contributed by atoms with Crippen LogP contribution < -0.4 is 5.32 Å². The molecule has 132 valence electrons. The number of halogens is 5. The lowest BCUT2D eigenvalue weighted by molar-refractivity contribution is -0.144. The maximum atomic E-state index is 12.9. The molecule has 1 amide bonds. The number of amides is 1. The first-order chi connectivity index (χ1) is 11.1. The molecule has 2 rings (SSSR count). The summed E-state index contributed by atoms with van der Waals surface area (Å²) in [6, 6.07) is 0. The molecule has 1 N–H and O–H groups in total. The molecule has 24 heavy (non-hydrogen) atoms. The zero-order chi connectivity index (χ0) is 18.1. The van der Waals surface area contributed by atoms with Crippen molar-refractivity contribution in [2.75, 3.05) is 6.54 Å². The zero-order valence-electron chi connectivity index (χ0n) is 12.8. The zero-order valence-corrected chi connectivity index (χ0v) is 15.1. The topological polar surface area (TPSA) is 64.7 Å². The molecule has 2 aromatic heterocycles. The highest BCUT2D eigenvalue weighted by Gasteiger charge is 2.39. The molecular formula is C13H14BrClF3N5O. The molecule has 0 bridgehead atoms. The Bertz CT molecular complexity index is 736. The second-order valence-electron chi connectivity index (χ2n) is 5.07. The average molecular weight is 429 g/mol. The maximum Gasteiger partial charge on any atom is 0.434 e. The summed E-state index contributed by atoms with van der Waals surface area (Å²) in [6.45, 7) is 2.56. The maximum absolute atomic E-state index is 12.9. The van der Waals surface area contributed by atoms with E-state index in [9.17, 15) is 18.0 Å². The SMILES string of the molecule is Cc1nn(CCCNC(=O)c2nn(C)c(C(F)(F)F)c2Br)cc1Cl. The van der Waals surface area contributed by atoms with E-state index in [-0.39, 0.29) is 16.7 Å². The highest BCUT2D eigenvalue weighted by Crippen LogP contribution is 2.36. The van der Waals surface area contributed by atoms with Crippen LogP contribution in [0.4, 0.5) is 13.2 Å². The first-order valence-electron chi connectivity index (χ1n) is 6.88. The molecule has 0 spiro atoms. The van der Waals surface area contributed by atoms with Gasteiger partial charge in [0.25, 0.3) is 5.91 Å². The van der Waals surface area contributed by atoms with Crippen LogP contribution in [0.1, 0.15) is 28.3 Å². The molecule has 0 aliphatic heterocycles. The Morgan fingerprint density at radius 2 is 2.08 bits per heavy atom. The first kappa shape index (κ1) is 18.8. The van der Waals surface area contributed by atoms with Crippen LogP contribution >= 0.6 is 27.5 Å². The van der Waals surface area contributed by atoms with Crippen LogP contribution in [0, 0.1) is 6.92 Å². The number of hydrogen-bond acceptors (Lipinski definition) is 3. The van der Waals surface area contributed by atoms with Gasteiger partial charge in [-0.1, -0.05) is 11.6 Å². The second-order valence-corrected chi connectivity index (χ2v) is 6.27. The highest BCUT2D eigenvalue weighted by molar-refractivity contribution is 9.10. The Balaban J connectivity index is 1.93. The van der Waals surface area contributed by atoms with E-state index in [0.717, 1.165) is 7.05 Å². The number of nitrogens with zero attached hydrogens (tertiary/aromatic N) is 4. The molecule has 0 atom stereocenters. The van der Waals surface area contributed by atoms with Gasteiger partial charge in [0.2, 0.25) is 0 Å². The van der Waals surface area contributed by atoms with Gasteiger partial charge in [-0.25, -0.2) is 0 Å². The van der Waals surface area contributed by atoms with E-state index in [0.29, 0.717) is 28.4 Å². The van der Waals surface area contributed by atoms with Crippen molar-refractivity contribution in [3.8, 4) is 0 Å². The van der Waals surface area contributed by atoms with Gasteiger partial charge in [0, 0.05) is 26.3 Å². The van der Waals surface area contributed by atoms with E-state index in [1.54, 1.807) is 17.8 Å². The summed E-state index contributed by atoms with van der Waals surface area (Å²) in [6.07, 6.45) is -2.39. The molecule has 0 saturated heterocycles. The molecule has 0 radical (unpaired) electrons. The van der Waals surface area contributed by atoms with E-state index in [2.05, 4.69) is 31.4 Å². The van der Waals surface area contributed by atoms with Gasteiger partial charge < -0.3 is 5.32 Å². The Morgan fingerprint density at radius 1 is 1.42 bits per heavy atom. The van der Waals surface area contributed by atoms with E-state index < -0.39 is 17.8 Å². The van der Waals surface area contributed by atoms with Crippen molar-refractivity contribution in [2.24, 2.45) is 7.05 Å². The van der Waals surface area contributed by atoms with Crippen molar-refractivity contribution in [3.63, 3.8) is 0 Å². The molecule has 0 unspecified atom stereocenters. The van der Waals surface area contributed by atoms with Crippen molar-refractivity contribution in [3.05, 3.63) is 32.8 Å². The predicted octanol–water partition coefficient (Wildman–Crippen LogP) is 3.18. The normalized spacial score (nSPS) is 11.8. The fraction of sp³-hybridized carbons (Fsp3) is 0.462. The van der Waals surface area contributed by atoms with E-state index >= 15 is 0 Å². The molecule has 2 heterocycles. The predicted molar refractivity (Wildman–Crippen MR) is 84.8 cm³/mol. The summed E-state index contributed by atoms with van der Waals surface area (Å²) < 4.78 is 40.5. The third kappa shape index (κ3) is 4.10. The minimum absolute atomic E-state index is 0.264. The monoisotopic (exact) mass is 427 g/mol. The van der Waals surface area contributed by atoms with Gasteiger partial charge in [-0.05, 0) is 29.3 Å². The number of nitrogens with one attached hydrogen (secondary N) is 1. The van der Waals surface area contributed by atoms with Gasteiger partial charge in [-0.3, -0.25) is 14.2 Å².